The molecule has 0 fully saturated rings. The fourth-order valence-electron chi connectivity index (χ4n) is 1.73. The number of rotatable bonds is 5. The number of carbonyl (C=O) groups is 1. The topological polar surface area (TPSA) is 35.5 Å². The van der Waals surface area contributed by atoms with Crippen LogP contribution in [0, 0.1) is 11.6 Å². The van der Waals surface area contributed by atoms with E-state index in [-0.39, 0.29) is 6.61 Å². The lowest BCUT2D eigenvalue weighted by Gasteiger charge is -2.11. The molecule has 0 amide bonds. The average Bonchev–Trinajstić information content (AvgIpc) is 2.43. The van der Waals surface area contributed by atoms with Crippen molar-refractivity contribution in [2.24, 2.45) is 0 Å². The Balaban J connectivity index is 2.19. The molecule has 0 saturated carbocycles. The summed E-state index contributed by atoms with van der Waals surface area (Å²) < 4.78 is 36.6. The van der Waals surface area contributed by atoms with Crippen molar-refractivity contribution >= 4 is 6.29 Å². The molecular formula is C15H12F2O3. The minimum atomic E-state index is -0.669. The summed E-state index contributed by atoms with van der Waals surface area (Å²) in [6.07, 6.45) is 0.675. The van der Waals surface area contributed by atoms with Gasteiger partial charge in [0.05, 0.1) is 7.11 Å². The predicted octanol–water partition coefficient (Wildman–Crippen LogP) is 3.36. The van der Waals surface area contributed by atoms with Crippen LogP contribution in [0.3, 0.4) is 0 Å². The van der Waals surface area contributed by atoms with Gasteiger partial charge in [0.2, 0.25) is 0 Å². The van der Waals surface area contributed by atoms with E-state index in [1.54, 1.807) is 12.1 Å². The van der Waals surface area contributed by atoms with Gasteiger partial charge in [-0.05, 0) is 35.9 Å². The van der Waals surface area contributed by atoms with E-state index >= 15 is 0 Å². The molecule has 0 heterocycles. The van der Waals surface area contributed by atoms with Crippen molar-refractivity contribution in [2.45, 2.75) is 6.61 Å². The summed E-state index contributed by atoms with van der Waals surface area (Å²) >= 11 is 0. The van der Waals surface area contributed by atoms with Gasteiger partial charge in [0.1, 0.15) is 24.5 Å². The first-order chi connectivity index (χ1) is 9.62. The van der Waals surface area contributed by atoms with Gasteiger partial charge in [-0.25, -0.2) is 8.78 Å². The van der Waals surface area contributed by atoms with Crippen molar-refractivity contribution in [3.8, 4) is 11.5 Å². The maximum atomic E-state index is 13.1. The molecule has 3 nitrogen and oxygen atoms in total. The average molecular weight is 278 g/mol. The van der Waals surface area contributed by atoms with E-state index in [4.69, 9.17) is 9.47 Å². The molecule has 0 atom stereocenters. The van der Waals surface area contributed by atoms with Gasteiger partial charge in [-0.1, -0.05) is 0 Å². The molecule has 0 aliphatic heterocycles. The van der Waals surface area contributed by atoms with E-state index in [2.05, 4.69) is 0 Å². The first-order valence-corrected chi connectivity index (χ1v) is 5.83. The molecule has 2 aromatic rings. The molecule has 104 valence electrons. The standard InChI is InChI=1S/C15H12F2O3/c1-19-14-3-2-10(8-18)6-15(14)20-9-11-4-12(16)7-13(17)5-11/h2-8H,9H2,1H3. The van der Waals surface area contributed by atoms with E-state index in [0.29, 0.717) is 28.9 Å². The number of halogens is 2. The SMILES string of the molecule is COc1ccc(C=O)cc1OCc1cc(F)cc(F)c1. The first kappa shape index (κ1) is 14.0. The Labute approximate surface area is 114 Å². The second-order valence-corrected chi connectivity index (χ2v) is 4.09. The fourth-order valence-corrected chi connectivity index (χ4v) is 1.73. The van der Waals surface area contributed by atoms with Gasteiger partial charge in [0, 0.05) is 11.6 Å². The van der Waals surface area contributed by atoms with Crippen molar-refractivity contribution in [1.29, 1.82) is 0 Å². The smallest absolute Gasteiger partial charge is 0.162 e. The summed E-state index contributed by atoms with van der Waals surface area (Å²) in [7, 11) is 1.46. The largest absolute Gasteiger partial charge is 0.493 e. The maximum absolute atomic E-state index is 13.1. The van der Waals surface area contributed by atoms with Crippen LogP contribution in [0.25, 0.3) is 0 Å². The second kappa shape index (κ2) is 6.14. The molecule has 0 aliphatic rings. The van der Waals surface area contributed by atoms with Crippen molar-refractivity contribution in [3.05, 3.63) is 59.2 Å². The van der Waals surface area contributed by atoms with Crippen molar-refractivity contribution < 1.29 is 23.0 Å². The molecule has 0 aromatic heterocycles. The van der Waals surface area contributed by atoms with Gasteiger partial charge in [-0.2, -0.15) is 0 Å². The lowest BCUT2D eigenvalue weighted by atomic mass is 10.2. The lowest BCUT2D eigenvalue weighted by Crippen LogP contribution is -1.99. The highest BCUT2D eigenvalue weighted by Gasteiger charge is 2.07. The van der Waals surface area contributed by atoms with Crippen LogP contribution in [0.4, 0.5) is 8.78 Å². The molecular weight excluding hydrogens is 266 g/mol. The highest BCUT2D eigenvalue weighted by molar-refractivity contribution is 5.76. The molecule has 5 heteroatoms. The Kier molecular flexibility index (Phi) is 4.30. The van der Waals surface area contributed by atoms with E-state index in [1.807, 2.05) is 0 Å². The van der Waals surface area contributed by atoms with Crippen LogP contribution < -0.4 is 9.47 Å². The molecule has 0 N–H and O–H groups in total. The van der Waals surface area contributed by atoms with Crippen molar-refractivity contribution in [3.63, 3.8) is 0 Å². The summed E-state index contributed by atoms with van der Waals surface area (Å²) in [5.74, 6) is -0.566. The number of aldehydes is 1. The number of hydrogen-bond donors (Lipinski definition) is 0. The summed E-state index contributed by atoms with van der Waals surface area (Å²) in [6, 6.07) is 7.82. The number of benzene rings is 2. The predicted molar refractivity (Wildman–Crippen MR) is 69.1 cm³/mol. The van der Waals surface area contributed by atoms with E-state index in [1.165, 1.54) is 25.3 Å². The van der Waals surface area contributed by atoms with Gasteiger partial charge in [-0.15, -0.1) is 0 Å². The zero-order valence-corrected chi connectivity index (χ0v) is 10.7. The molecule has 2 rings (SSSR count). The van der Waals surface area contributed by atoms with E-state index in [0.717, 1.165) is 6.07 Å². The first-order valence-electron chi connectivity index (χ1n) is 5.83. The zero-order chi connectivity index (χ0) is 14.5. The Morgan fingerprint density at radius 3 is 2.35 bits per heavy atom. The van der Waals surface area contributed by atoms with Gasteiger partial charge < -0.3 is 9.47 Å². The van der Waals surface area contributed by atoms with Crippen LogP contribution in [0.2, 0.25) is 0 Å². The Morgan fingerprint density at radius 2 is 1.75 bits per heavy atom. The van der Waals surface area contributed by atoms with Crippen LogP contribution >= 0.6 is 0 Å². The van der Waals surface area contributed by atoms with Gasteiger partial charge >= 0.3 is 0 Å². The molecule has 0 spiro atoms. The maximum Gasteiger partial charge on any atom is 0.162 e. The molecule has 0 bridgehead atoms. The molecule has 0 unspecified atom stereocenters. The van der Waals surface area contributed by atoms with Crippen molar-refractivity contribution in [2.75, 3.05) is 7.11 Å². The third-order valence-corrected chi connectivity index (χ3v) is 2.64. The number of methoxy groups -OCH3 is 1. The molecule has 0 saturated heterocycles. The molecule has 0 aliphatic carbocycles. The summed E-state index contributed by atoms with van der Waals surface area (Å²) in [5.41, 5.74) is 0.771. The van der Waals surface area contributed by atoms with Gasteiger partial charge in [0.15, 0.2) is 11.5 Å². The Morgan fingerprint density at radius 1 is 1.05 bits per heavy atom. The molecule has 2 aromatic carbocycles. The summed E-state index contributed by atoms with van der Waals surface area (Å²) in [5, 5.41) is 0. The van der Waals surface area contributed by atoms with Crippen LogP contribution in [-0.4, -0.2) is 13.4 Å². The fraction of sp³-hybridized carbons (Fsp3) is 0.133. The van der Waals surface area contributed by atoms with Crippen LogP contribution in [-0.2, 0) is 6.61 Å². The number of carbonyl (C=O) groups excluding carboxylic acids is 1. The molecule has 0 radical (unpaired) electrons. The molecule has 20 heavy (non-hydrogen) atoms. The minimum Gasteiger partial charge on any atom is -0.493 e. The Bertz CT molecular complexity index is 606. The highest BCUT2D eigenvalue weighted by atomic mass is 19.1. The minimum absolute atomic E-state index is 0.0344. The van der Waals surface area contributed by atoms with Gasteiger partial charge in [0.25, 0.3) is 0 Å². The quantitative estimate of drug-likeness (QED) is 0.787. The monoisotopic (exact) mass is 278 g/mol. The number of hydrogen-bond acceptors (Lipinski definition) is 3. The third kappa shape index (κ3) is 3.32. The van der Waals surface area contributed by atoms with E-state index < -0.39 is 11.6 Å². The Hall–Kier alpha value is -2.43. The second-order valence-electron chi connectivity index (χ2n) is 4.09. The zero-order valence-electron chi connectivity index (χ0n) is 10.7. The normalized spacial score (nSPS) is 10.2. The van der Waals surface area contributed by atoms with Crippen molar-refractivity contribution in [1.82, 2.24) is 0 Å². The number of ether oxygens (including phenoxy) is 2. The van der Waals surface area contributed by atoms with Crippen LogP contribution in [0.15, 0.2) is 36.4 Å². The van der Waals surface area contributed by atoms with Crippen LogP contribution in [0.1, 0.15) is 15.9 Å². The highest BCUT2D eigenvalue weighted by Crippen LogP contribution is 2.28. The summed E-state index contributed by atoms with van der Waals surface area (Å²) in [6.45, 7) is -0.0344. The van der Waals surface area contributed by atoms with E-state index in [9.17, 15) is 13.6 Å². The van der Waals surface area contributed by atoms with Crippen LogP contribution in [0.5, 0.6) is 11.5 Å². The lowest BCUT2D eigenvalue weighted by molar-refractivity contribution is 0.112. The van der Waals surface area contributed by atoms with Gasteiger partial charge in [-0.3, -0.25) is 4.79 Å². The summed E-state index contributed by atoms with van der Waals surface area (Å²) in [4.78, 5) is 10.7. The third-order valence-electron chi connectivity index (χ3n) is 2.64.